The maximum atomic E-state index is 4.30. The van der Waals surface area contributed by atoms with E-state index in [1.807, 2.05) is 11.4 Å². The van der Waals surface area contributed by atoms with Crippen molar-refractivity contribution in [1.82, 2.24) is 9.87 Å². The van der Waals surface area contributed by atoms with E-state index in [1.54, 1.807) is 11.8 Å². The first kappa shape index (κ1) is 12.6. The molecule has 0 fully saturated rings. The highest BCUT2D eigenvalue weighted by molar-refractivity contribution is 8.69. The van der Waals surface area contributed by atoms with Crippen molar-refractivity contribution < 1.29 is 0 Å². The molecular weight excluding hydrogens is 233 g/mol. The molecule has 1 aliphatic heterocycles. The van der Waals surface area contributed by atoms with Crippen molar-refractivity contribution >= 4 is 34.9 Å². The minimum atomic E-state index is -0.357. The Balaban J connectivity index is 2.56. The lowest BCUT2D eigenvalue weighted by molar-refractivity contribution is 0.324. The summed E-state index contributed by atoms with van der Waals surface area (Å²) in [5.74, 6) is 0. The molecule has 3 nitrogen and oxygen atoms in total. The van der Waals surface area contributed by atoms with Gasteiger partial charge in [-0.1, -0.05) is 0 Å². The van der Waals surface area contributed by atoms with Crippen LogP contribution in [-0.2, 0) is 0 Å². The first-order valence-electron chi connectivity index (χ1n) is 4.70. The van der Waals surface area contributed by atoms with Crippen molar-refractivity contribution in [3.63, 3.8) is 0 Å². The van der Waals surface area contributed by atoms with Gasteiger partial charge in [0.25, 0.3) is 0 Å². The van der Waals surface area contributed by atoms with Crippen molar-refractivity contribution in [2.24, 2.45) is 5.10 Å². The summed E-state index contributed by atoms with van der Waals surface area (Å²) in [6.07, 6.45) is 2.07. The van der Waals surface area contributed by atoms with E-state index in [2.05, 4.69) is 48.9 Å². The summed E-state index contributed by atoms with van der Waals surface area (Å²) in [7, 11) is -0.357. The van der Waals surface area contributed by atoms with Crippen LogP contribution < -0.4 is 5.20 Å². The first-order chi connectivity index (χ1) is 6.56. The predicted molar refractivity (Wildman–Crippen MR) is 70.7 cm³/mol. The van der Waals surface area contributed by atoms with Crippen LogP contribution in [0.3, 0.4) is 0 Å². The molecule has 6 heteroatoms. The van der Waals surface area contributed by atoms with Gasteiger partial charge in [0, 0.05) is 12.1 Å². The summed E-state index contributed by atoms with van der Waals surface area (Å²) in [4.78, 5) is 0. The van der Waals surface area contributed by atoms with Crippen molar-refractivity contribution in [2.45, 2.75) is 39.8 Å². The van der Waals surface area contributed by atoms with Crippen LogP contribution in [0.1, 0.15) is 27.7 Å². The van der Waals surface area contributed by atoms with Crippen LogP contribution in [0.15, 0.2) is 5.10 Å². The Morgan fingerprint density at radius 1 is 1.36 bits per heavy atom. The SMILES string of the molecule is CSC1=NNP(N(C(C)C)C(C)C)S1. The summed E-state index contributed by atoms with van der Waals surface area (Å²) in [5.41, 5.74) is 0. The van der Waals surface area contributed by atoms with Gasteiger partial charge < -0.3 is 0 Å². The van der Waals surface area contributed by atoms with Crippen LogP contribution in [0.25, 0.3) is 0 Å². The van der Waals surface area contributed by atoms with Crippen LogP contribution in [0.4, 0.5) is 0 Å². The van der Waals surface area contributed by atoms with Crippen LogP contribution in [0, 0.1) is 0 Å². The van der Waals surface area contributed by atoms with E-state index >= 15 is 0 Å². The van der Waals surface area contributed by atoms with E-state index in [1.165, 1.54) is 0 Å². The second kappa shape index (κ2) is 5.59. The average Bonchev–Trinajstić information content (AvgIpc) is 2.51. The Kier molecular flexibility index (Phi) is 5.04. The minimum Gasteiger partial charge on any atom is -0.263 e. The van der Waals surface area contributed by atoms with E-state index in [4.69, 9.17) is 0 Å². The lowest BCUT2D eigenvalue weighted by atomic mass is 10.3. The molecule has 0 saturated carbocycles. The Bertz CT molecular complexity index is 213. The second-order valence-corrected chi connectivity index (χ2v) is 8.03. The zero-order valence-electron chi connectivity index (χ0n) is 9.31. The molecule has 0 radical (unpaired) electrons. The smallest absolute Gasteiger partial charge is 0.157 e. The zero-order chi connectivity index (χ0) is 10.7. The third-order valence-electron chi connectivity index (χ3n) is 1.83. The Hall–Kier alpha value is 0.560. The third kappa shape index (κ3) is 3.02. The molecule has 0 amide bonds. The number of hydrogen-bond acceptors (Lipinski definition) is 5. The molecule has 0 aromatic carbocycles. The molecule has 82 valence electrons. The molecule has 0 aromatic heterocycles. The summed E-state index contributed by atoms with van der Waals surface area (Å²) < 4.78 is 3.65. The molecule has 1 heterocycles. The van der Waals surface area contributed by atoms with E-state index in [0.29, 0.717) is 12.1 Å². The normalized spacial score (nSPS) is 22.0. The maximum Gasteiger partial charge on any atom is 0.157 e. The molecule has 0 aromatic rings. The van der Waals surface area contributed by atoms with Crippen LogP contribution >= 0.6 is 30.6 Å². The highest BCUT2D eigenvalue weighted by Crippen LogP contribution is 2.56. The summed E-state index contributed by atoms with van der Waals surface area (Å²) in [6, 6.07) is 1.13. The fourth-order valence-corrected chi connectivity index (χ4v) is 7.00. The number of hydrazone groups is 1. The Morgan fingerprint density at radius 3 is 2.29 bits per heavy atom. The number of nitrogens with zero attached hydrogens (tertiary/aromatic N) is 2. The molecule has 1 N–H and O–H groups in total. The fraction of sp³-hybridized carbons (Fsp3) is 0.875. The highest BCUT2D eigenvalue weighted by Gasteiger charge is 2.29. The molecule has 14 heavy (non-hydrogen) atoms. The fourth-order valence-electron chi connectivity index (χ4n) is 1.40. The van der Waals surface area contributed by atoms with E-state index in [-0.39, 0.29) is 7.42 Å². The van der Waals surface area contributed by atoms with Crippen LogP contribution in [-0.4, -0.2) is 27.4 Å². The minimum absolute atomic E-state index is 0.357. The van der Waals surface area contributed by atoms with Gasteiger partial charge >= 0.3 is 0 Å². The van der Waals surface area contributed by atoms with Crippen LogP contribution in [0.5, 0.6) is 0 Å². The molecular formula is C8H18N3PS2. The van der Waals surface area contributed by atoms with Gasteiger partial charge in [-0.25, -0.2) is 0 Å². The first-order valence-corrected chi connectivity index (χ1v) is 8.64. The van der Waals surface area contributed by atoms with Crippen molar-refractivity contribution in [1.29, 1.82) is 0 Å². The Morgan fingerprint density at radius 2 is 1.93 bits per heavy atom. The topological polar surface area (TPSA) is 27.6 Å². The summed E-state index contributed by atoms with van der Waals surface area (Å²) in [5, 5.41) is 7.54. The van der Waals surface area contributed by atoms with Crippen molar-refractivity contribution in [3.8, 4) is 0 Å². The van der Waals surface area contributed by atoms with Crippen molar-refractivity contribution in [2.75, 3.05) is 6.26 Å². The summed E-state index contributed by atoms with van der Waals surface area (Å²) >= 11 is 3.59. The molecule has 0 spiro atoms. The van der Waals surface area contributed by atoms with Gasteiger partial charge in [0.15, 0.2) is 11.8 Å². The van der Waals surface area contributed by atoms with Gasteiger partial charge in [-0.3, -0.25) is 9.87 Å². The van der Waals surface area contributed by atoms with E-state index < -0.39 is 0 Å². The van der Waals surface area contributed by atoms with Crippen molar-refractivity contribution in [3.05, 3.63) is 0 Å². The highest BCUT2D eigenvalue weighted by atomic mass is 32.7. The van der Waals surface area contributed by atoms with E-state index in [0.717, 1.165) is 4.38 Å². The molecule has 0 saturated heterocycles. The van der Waals surface area contributed by atoms with E-state index in [9.17, 15) is 0 Å². The monoisotopic (exact) mass is 251 g/mol. The van der Waals surface area contributed by atoms with Gasteiger partial charge in [-0.15, -0.1) is 11.8 Å². The average molecular weight is 251 g/mol. The number of rotatable bonds is 3. The molecule has 0 aliphatic carbocycles. The molecule has 1 aliphatic rings. The largest absolute Gasteiger partial charge is 0.263 e. The van der Waals surface area contributed by atoms with Gasteiger partial charge in [0.05, 0.1) is 0 Å². The van der Waals surface area contributed by atoms with Gasteiger partial charge in [0.1, 0.15) is 0 Å². The maximum absolute atomic E-state index is 4.30. The van der Waals surface area contributed by atoms with Gasteiger partial charge in [-0.05, 0) is 45.3 Å². The lowest BCUT2D eigenvalue weighted by Gasteiger charge is -2.33. The molecule has 1 atom stereocenters. The standard InChI is InChI=1S/C8H18N3PS2/c1-6(2)11(7(3)4)12-10-9-8(13-5)14-12/h6-7,10H,1-5H3. The predicted octanol–water partition coefficient (Wildman–Crippen LogP) is 3.30. The molecule has 0 bridgehead atoms. The van der Waals surface area contributed by atoms with Crippen LogP contribution in [0.2, 0.25) is 0 Å². The quantitative estimate of drug-likeness (QED) is 0.779. The lowest BCUT2D eigenvalue weighted by Crippen LogP contribution is -2.33. The zero-order valence-corrected chi connectivity index (χ0v) is 11.8. The second-order valence-electron chi connectivity index (χ2n) is 3.61. The summed E-state index contributed by atoms with van der Waals surface area (Å²) in [6.45, 7) is 8.95. The van der Waals surface area contributed by atoms with Gasteiger partial charge in [-0.2, -0.15) is 5.10 Å². The number of hydrogen-bond donors (Lipinski definition) is 1. The van der Waals surface area contributed by atoms with Gasteiger partial charge in [0.2, 0.25) is 0 Å². The Labute approximate surface area is 96.1 Å². The number of thioether (sulfide) groups is 1. The molecule has 1 unspecified atom stereocenters. The third-order valence-corrected chi connectivity index (χ3v) is 7.28. The number of nitrogens with one attached hydrogen (secondary N) is 1. The molecule has 1 rings (SSSR count).